The van der Waals surface area contributed by atoms with Gasteiger partial charge in [0.05, 0.1) is 4.90 Å². The van der Waals surface area contributed by atoms with E-state index in [2.05, 4.69) is 5.32 Å². The van der Waals surface area contributed by atoms with Crippen molar-refractivity contribution in [2.45, 2.75) is 64.2 Å². The van der Waals surface area contributed by atoms with E-state index >= 15 is 0 Å². The Hall–Kier alpha value is -1.93. The van der Waals surface area contributed by atoms with Gasteiger partial charge in [-0.3, -0.25) is 9.59 Å². The lowest BCUT2D eigenvalue weighted by atomic mass is 10.0. The first kappa shape index (κ1) is 23.3. The Kier molecular flexibility index (Phi) is 8.64. The van der Waals surface area contributed by atoms with Gasteiger partial charge in [0.15, 0.2) is 6.61 Å². The normalized spacial score (nSPS) is 14.9. The first-order valence-electron chi connectivity index (χ1n) is 10.3. The number of aryl methyl sites for hydroxylation is 1. The number of hydrogen-bond acceptors (Lipinski definition) is 5. The maximum Gasteiger partial charge on any atom is 0.306 e. The van der Waals surface area contributed by atoms with Crippen molar-refractivity contribution in [1.29, 1.82) is 0 Å². The lowest BCUT2D eigenvalue weighted by molar-refractivity contribution is -0.147. The zero-order chi connectivity index (χ0) is 21.4. The van der Waals surface area contributed by atoms with E-state index in [4.69, 9.17) is 4.74 Å². The first-order valence-corrected chi connectivity index (χ1v) is 11.8. The number of ether oxygens (including phenoxy) is 1. The Morgan fingerprint density at radius 1 is 1.17 bits per heavy atom. The molecule has 1 aliphatic rings. The minimum absolute atomic E-state index is 0.121. The summed E-state index contributed by atoms with van der Waals surface area (Å²) >= 11 is 0. The molecule has 0 aliphatic heterocycles. The molecule has 2 rings (SSSR count). The van der Waals surface area contributed by atoms with Crippen LogP contribution in [0.4, 0.5) is 5.69 Å². The average molecular weight is 425 g/mol. The lowest BCUT2D eigenvalue weighted by Crippen LogP contribution is -2.30. The van der Waals surface area contributed by atoms with Crippen molar-refractivity contribution >= 4 is 27.6 Å². The third kappa shape index (κ3) is 6.54. The molecule has 0 heterocycles. The highest BCUT2D eigenvalue weighted by Crippen LogP contribution is 2.28. The third-order valence-electron chi connectivity index (χ3n) is 5.42. The van der Waals surface area contributed by atoms with E-state index < -0.39 is 15.9 Å². The highest BCUT2D eigenvalue weighted by atomic mass is 32.2. The molecule has 1 amide bonds. The zero-order valence-electron chi connectivity index (χ0n) is 17.6. The summed E-state index contributed by atoms with van der Waals surface area (Å²) in [5.74, 6) is -0.268. The molecule has 1 aromatic rings. The number of carbonyl (C=O) groups excluding carboxylic acids is 2. The number of amides is 1. The van der Waals surface area contributed by atoms with Crippen LogP contribution in [0.5, 0.6) is 0 Å². The predicted octanol–water partition coefficient (Wildman–Crippen LogP) is 3.48. The van der Waals surface area contributed by atoms with Crippen LogP contribution in [0.15, 0.2) is 23.1 Å². The van der Waals surface area contributed by atoms with Crippen molar-refractivity contribution in [3.63, 3.8) is 0 Å². The van der Waals surface area contributed by atoms with Gasteiger partial charge in [0.2, 0.25) is 10.0 Å². The fourth-order valence-electron chi connectivity index (χ4n) is 3.63. The van der Waals surface area contributed by atoms with Gasteiger partial charge in [0.25, 0.3) is 5.91 Å². The highest BCUT2D eigenvalue weighted by molar-refractivity contribution is 7.89. The van der Waals surface area contributed by atoms with E-state index in [0.29, 0.717) is 31.1 Å². The molecule has 0 bridgehead atoms. The van der Waals surface area contributed by atoms with Crippen molar-refractivity contribution in [1.82, 2.24) is 4.31 Å². The minimum atomic E-state index is -3.62. The molecule has 0 spiro atoms. The van der Waals surface area contributed by atoms with E-state index in [1.807, 2.05) is 0 Å². The standard InChI is InChI=1S/C21H32N2O5S/c1-4-23(5-2)29(26,27)18-12-10-16(3)19(14-18)22-20(24)15-28-21(25)13-11-17-8-6-7-9-17/h10,12,14,17H,4-9,11,13,15H2,1-3H3,(H,22,24). The molecular weight excluding hydrogens is 392 g/mol. The number of benzene rings is 1. The minimum Gasteiger partial charge on any atom is -0.456 e. The maximum absolute atomic E-state index is 12.7. The van der Waals surface area contributed by atoms with Crippen molar-refractivity contribution < 1.29 is 22.7 Å². The van der Waals surface area contributed by atoms with E-state index in [0.717, 1.165) is 12.0 Å². The molecule has 1 aliphatic carbocycles. The van der Waals surface area contributed by atoms with E-state index in [-0.39, 0.29) is 17.5 Å². The van der Waals surface area contributed by atoms with Crippen molar-refractivity contribution in [2.24, 2.45) is 5.92 Å². The number of nitrogens with one attached hydrogen (secondary N) is 1. The summed E-state index contributed by atoms with van der Waals surface area (Å²) in [7, 11) is -3.62. The fraction of sp³-hybridized carbons (Fsp3) is 0.619. The molecule has 1 saturated carbocycles. The second kappa shape index (κ2) is 10.7. The van der Waals surface area contributed by atoms with Crippen molar-refractivity contribution in [3.8, 4) is 0 Å². The van der Waals surface area contributed by atoms with Gasteiger partial charge >= 0.3 is 5.97 Å². The molecule has 7 nitrogen and oxygen atoms in total. The number of carbonyl (C=O) groups is 2. The fourth-order valence-corrected chi connectivity index (χ4v) is 5.12. The Balaban J connectivity index is 1.93. The van der Waals surface area contributed by atoms with Crippen LogP contribution < -0.4 is 5.32 Å². The van der Waals surface area contributed by atoms with Crippen LogP contribution in [0, 0.1) is 12.8 Å². The van der Waals surface area contributed by atoms with Gasteiger partial charge in [0, 0.05) is 25.2 Å². The number of rotatable bonds is 10. The molecule has 1 fully saturated rings. The number of anilines is 1. The van der Waals surface area contributed by atoms with Crippen LogP contribution in [0.1, 0.15) is 57.9 Å². The van der Waals surface area contributed by atoms with Crippen LogP contribution in [0.25, 0.3) is 0 Å². The lowest BCUT2D eigenvalue weighted by Gasteiger charge is -2.19. The molecule has 29 heavy (non-hydrogen) atoms. The van der Waals surface area contributed by atoms with Crippen LogP contribution in [0.3, 0.4) is 0 Å². The Labute approximate surface area is 173 Å². The maximum atomic E-state index is 12.7. The van der Waals surface area contributed by atoms with Gasteiger partial charge in [-0.25, -0.2) is 8.42 Å². The summed E-state index contributed by atoms with van der Waals surface area (Å²) in [5, 5.41) is 2.65. The highest BCUT2D eigenvalue weighted by Gasteiger charge is 2.23. The van der Waals surface area contributed by atoms with Gasteiger partial charge in [-0.1, -0.05) is 45.6 Å². The average Bonchev–Trinajstić information content (AvgIpc) is 3.20. The summed E-state index contributed by atoms with van der Waals surface area (Å²) in [6.45, 7) is 5.68. The van der Waals surface area contributed by atoms with E-state index in [1.54, 1.807) is 26.8 Å². The summed E-state index contributed by atoms with van der Waals surface area (Å²) in [5.41, 5.74) is 1.12. The van der Waals surface area contributed by atoms with Gasteiger partial charge in [-0.05, 0) is 37.0 Å². The number of esters is 1. The van der Waals surface area contributed by atoms with Crippen LogP contribution >= 0.6 is 0 Å². The van der Waals surface area contributed by atoms with E-state index in [9.17, 15) is 18.0 Å². The van der Waals surface area contributed by atoms with Crippen molar-refractivity contribution in [2.75, 3.05) is 25.0 Å². The van der Waals surface area contributed by atoms with Gasteiger partial charge in [0.1, 0.15) is 0 Å². The summed E-state index contributed by atoms with van der Waals surface area (Å²) in [4.78, 5) is 24.2. The van der Waals surface area contributed by atoms with Gasteiger partial charge in [-0.15, -0.1) is 0 Å². The monoisotopic (exact) mass is 424 g/mol. The van der Waals surface area contributed by atoms with Gasteiger partial charge in [-0.2, -0.15) is 4.31 Å². The molecular formula is C21H32N2O5S. The smallest absolute Gasteiger partial charge is 0.306 e. The molecule has 0 saturated heterocycles. The summed E-state index contributed by atoms with van der Waals surface area (Å²) < 4.78 is 31.8. The number of hydrogen-bond donors (Lipinski definition) is 1. The summed E-state index contributed by atoms with van der Waals surface area (Å²) in [6.07, 6.45) is 5.92. The zero-order valence-corrected chi connectivity index (χ0v) is 18.4. The van der Waals surface area contributed by atoms with Crippen LogP contribution in [-0.4, -0.2) is 44.3 Å². The van der Waals surface area contributed by atoms with Crippen LogP contribution in [0.2, 0.25) is 0 Å². The molecule has 1 aromatic carbocycles. The number of nitrogens with zero attached hydrogens (tertiary/aromatic N) is 1. The third-order valence-corrected chi connectivity index (χ3v) is 7.47. The quantitative estimate of drug-likeness (QED) is 0.581. The summed E-state index contributed by atoms with van der Waals surface area (Å²) in [6, 6.07) is 4.63. The molecule has 162 valence electrons. The van der Waals surface area contributed by atoms with Crippen LogP contribution in [-0.2, 0) is 24.3 Å². The largest absolute Gasteiger partial charge is 0.456 e. The molecule has 0 unspecified atom stereocenters. The molecule has 0 aromatic heterocycles. The van der Waals surface area contributed by atoms with Gasteiger partial charge < -0.3 is 10.1 Å². The second-order valence-electron chi connectivity index (χ2n) is 7.46. The second-order valence-corrected chi connectivity index (χ2v) is 9.40. The molecule has 8 heteroatoms. The molecule has 1 N–H and O–H groups in total. The number of sulfonamides is 1. The Bertz CT molecular complexity index is 812. The SMILES string of the molecule is CCN(CC)S(=O)(=O)c1ccc(C)c(NC(=O)COC(=O)CCC2CCCC2)c1. The first-order chi connectivity index (χ1) is 13.8. The topological polar surface area (TPSA) is 92.8 Å². The Morgan fingerprint density at radius 3 is 2.45 bits per heavy atom. The molecule has 0 radical (unpaired) electrons. The van der Waals surface area contributed by atoms with Crippen molar-refractivity contribution in [3.05, 3.63) is 23.8 Å². The van der Waals surface area contributed by atoms with E-state index in [1.165, 1.54) is 42.1 Å². The molecule has 0 atom stereocenters. The predicted molar refractivity (Wildman–Crippen MR) is 112 cm³/mol. The Morgan fingerprint density at radius 2 is 1.83 bits per heavy atom.